The third-order valence-corrected chi connectivity index (χ3v) is 5.41. The molecule has 1 aliphatic heterocycles. The molecule has 0 unspecified atom stereocenters. The molecule has 1 amide bonds. The van der Waals surface area contributed by atoms with Crippen LogP contribution in [-0.2, 0) is 4.79 Å². The van der Waals surface area contributed by atoms with Gasteiger partial charge in [0.25, 0.3) is 0 Å². The molecular formula is C19H19N5OS. The second kappa shape index (κ2) is 7.21. The van der Waals surface area contributed by atoms with E-state index in [1.165, 1.54) is 0 Å². The monoisotopic (exact) mass is 365 g/mol. The second-order valence-electron chi connectivity index (χ2n) is 6.35. The first-order valence-electron chi connectivity index (χ1n) is 8.56. The van der Waals surface area contributed by atoms with Crippen LogP contribution in [0, 0.1) is 5.92 Å². The number of thiophene rings is 1. The SMILES string of the molecule is NC(=O)C1CCN(c2ncc(-c3ccsc3)c(-c3cccnc3)n2)CC1. The molecule has 4 heterocycles. The molecule has 0 aliphatic carbocycles. The molecule has 1 saturated heterocycles. The van der Waals surface area contributed by atoms with Crippen molar-refractivity contribution in [1.82, 2.24) is 15.0 Å². The number of nitrogens with zero attached hydrogens (tertiary/aromatic N) is 4. The topological polar surface area (TPSA) is 85.0 Å². The van der Waals surface area contributed by atoms with Gasteiger partial charge in [0.05, 0.1) is 5.69 Å². The minimum absolute atomic E-state index is 0.0471. The first kappa shape index (κ1) is 16.7. The number of hydrogen-bond acceptors (Lipinski definition) is 6. The Morgan fingerprint density at radius 3 is 2.69 bits per heavy atom. The molecule has 7 heteroatoms. The molecule has 4 rings (SSSR count). The predicted octanol–water partition coefficient (Wildman–Crippen LogP) is 2.97. The molecule has 1 fully saturated rings. The van der Waals surface area contributed by atoms with Crippen LogP contribution in [0.25, 0.3) is 22.4 Å². The van der Waals surface area contributed by atoms with Crippen molar-refractivity contribution in [1.29, 1.82) is 0 Å². The van der Waals surface area contributed by atoms with E-state index in [2.05, 4.69) is 26.3 Å². The lowest BCUT2D eigenvalue weighted by Crippen LogP contribution is -2.39. The van der Waals surface area contributed by atoms with Gasteiger partial charge in [0, 0.05) is 48.7 Å². The Kier molecular flexibility index (Phi) is 4.62. The molecule has 0 saturated carbocycles. The maximum absolute atomic E-state index is 11.4. The standard InChI is InChI=1S/C19H19N5OS/c20-18(25)13-3-7-24(8-4-13)19-22-11-16(15-5-9-26-12-15)17(23-19)14-2-1-6-21-10-14/h1-2,5-6,9-13H,3-4,7-8H2,(H2,20,25). The first-order valence-corrected chi connectivity index (χ1v) is 9.51. The lowest BCUT2D eigenvalue weighted by Gasteiger charge is -2.30. The fourth-order valence-corrected chi connectivity index (χ4v) is 3.90. The van der Waals surface area contributed by atoms with Crippen LogP contribution in [0.3, 0.4) is 0 Å². The van der Waals surface area contributed by atoms with Crippen molar-refractivity contribution in [2.24, 2.45) is 11.7 Å². The highest BCUT2D eigenvalue weighted by atomic mass is 32.1. The molecule has 132 valence electrons. The Morgan fingerprint density at radius 2 is 2.04 bits per heavy atom. The van der Waals surface area contributed by atoms with E-state index in [0.717, 1.165) is 48.3 Å². The van der Waals surface area contributed by atoms with Gasteiger partial charge in [-0.1, -0.05) is 0 Å². The van der Waals surface area contributed by atoms with Crippen LogP contribution in [0.1, 0.15) is 12.8 Å². The Hall–Kier alpha value is -2.80. The average Bonchev–Trinajstić information content (AvgIpc) is 3.23. The Morgan fingerprint density at radius 1 is 1.19 bits per heavy atom. The zero-order valence-electron chi connectivity index (χ0n) is 14.2. The van der Waals surface area contributed by atoms with Gasteiger partial charge in [-0.2, -0.15) is 11.3 Å². The zero-order valence-corrected chi connectivity index (χ0v) is 15.0. The fourth-order valence-electron chi connectivity index (χ4n) is 3.24. The van der Waals surface area contributed by atoms with E-state index < -0.39 is 0 Å². The number of carbonyl (C=O) groups excluding carboxylic acids is 1. The van der Waals surface area contributed by atoms with Crippen molar-refractivity contribution in [2.75, 3.05) is 18.0 Å². The van der Waals surface area contributed by atoms with Gasteiger partial charge >= 0.3 is 0 Å². The van der Waals surface area contributed by atoms with Crippen molar-refractivity contribution in [3.63, 3.8) is 0 Å². The summed E-state index contributed by atoms with van der Waals surface area (Å²) < 4.78 is 0. The third-order valence-electron chi connectivity index (χ3n) is 4.72. The van der Waals surface area contributed by atoms with Gasteiger partial charge in [-0.3, -0.25) is 9.78 Å². The van der Waals surface area contributed by atoms with Crippen molar-refractivity contribution >= 4 is 23.2 Å². The number of rotatable bonds is 4. The smallest absolute Gasteiger partial charge is 0.225 e. The normalized spacial score (nSPS) is 15.2. The highest BCUT2D eigenvalue weighted by Gasteiger charge is 2.25. The van der Waals surface area contributed by atoms with Gasteiger partial charge in [0.15, 0.2) is 0 Å². The van der Waals surface area contributed by atoms with Crippen LogP contribution >= 0.6 is 11.3 Å². The summed E-state index contributed by atoms with van der Waals surface area (Å²) in [7, 11) is 0. The lowest BCUT2D eigenvalue weighted by atomic mass is 9.96. The summed E-state index contributed by atoms with van der Waals surface area (Å²) >= 11 is 1.65. The van der Waals surface area contributed by atoms with Gasteiger partial charge in [0.1, 0.15) is 0 Å². The van der Waals surface area contributed by atoms with E-state index in [9.17, 15) is 4.79 Å². The summed E-state index contributed by atoms with van der Waals surface area (Å²) in [5.41, 5.74) is 9.37. The van der Waals surface area contributed by atoms with Crippen LogP contribution in [0.15, 0.2) is 47.5 Å². The van der Waals surface area contributed by atoms with Crippen molar-refractivity contribution in [3.8, 4) is 22.4 Å². The molecule has 26 heavy (non-hydrogen) atoms. The minimum atomic E-state index is -0.213. The van der Waals surface area contributed by atoms with Crippen molar-refractivity contribution in [2.45, 2.75) is 12.8 Å². The van der Waals surface area contributed by atoms with Crippen LogP contribution in [-0.4, -0.2) is 33.9 Å². The number of primary amides is 1. The van der Waals surface area contributed by atoms with Crippen LogP contribution in [0.4, 0.5) is 5.95 Å². The minimum Gasteiger partial charge on any atom is -0.369 e. The van der Waals surface area contributed by atoms with E-state index in [1.807, 2.05) is 29.9 Å². The summed E-state index contributed by atoms with van der Waals surface area (Å²) in [6.45, 7) is 1.47. The number of nitrogens with two attached hydrogens (primary N) is 1. The molecule has 3 aromatic heterocycles. The highest BCUT2D eigenvalue weighted by Crippen LogP contribution is 2.32. The van der Waals surface area contributed by atoms with Gasteiger partial charge in [-0.25, -0.2) is 9.97 Å². The molecule has 2 N–H and O–H groups in total. The maximum Gasteiger partial charge on any atom is 0.225 e. The number of pyridine rings is 1. The number of carbonyl (C=O) groups is 1. The van der Waals surface area contributed by atoms with Crippen LogP contribution in [0.2, 0.25) is 0 Å². The average molecular weight is 365 g/mol. The Balaban J connectivity index is 1.69. The van der Waals surface area contributed by atoms with E-state index in [1.54, 1.807) is 17.5 Å². The van der Waals surface area contributed by atoms with Crippen LogP contribution < -0.4 is 10.6 Å². The molecule has 0 aromatic carbocycles. The first-order chi connectivity index (χ1) is 12.7. The number of amides is 1. The largest absolute Gasteiger partial charge is 0.369 e. The summed E-state index contributed by atoms with van der Waals surface area (Å²) in [6.07, 6.45) is 6.94. The van der Waals surface area contributed by atoms with E-state index in [-0.39, 0.29) is 11.8 Å². The molecule has 1 aliphatic rings. The highest BCUT2D eigenvalue weighted by molar-refractivity contribution is 7.08. The molecule has 3 aromatic rings. The Labute approximate surface area is 155 Å². The van der Waals surface area contributed by atoms with Crippen molar-refractivity contribution in [3.05, 3.63) is 47.5 Å². The second-order valence-corrected chi connectivity index (χ2v) is 7.13. The molecule has 0 radical (unpaired) electrons. The third kappa shape index (κ3) is 3.30. The van der Waals surface area contributed by atoms with E-state index in [0.29, 0.717) is 5.95 Å². The summed E-state index contributed by atoms with van der Waals surface area (Å²) in [6, 6.07) is 5.99. The molecule has 0 spiro atoms. The zero-order chi connectivity index (χ0) is 17.9. The molecular weight excluding hydrogens is 346 g/mol. The van der Waals surface area contributed by atoms with E-state index in [4.69, 9.17) is 10.7 Å². The number of hydrogen-bond donors (Lipinski definition) is 1. The lowest BCUT2D eigenvalue weighted by molar-refractivity contribution is -0.122. The summed E-state index contributed by atoms with van der Waals surface area (Å²) in [5.74, 6) is 0.425. The van der Waals surface area contributed by atoms with Gasteiger partial charge < -0.3 is 10.6 Å². The van der Waals surface area contributed by atoms with Crippen molar-refractivity contribution < 1.29 is 4.79 Å². The number of anilines is 1. The van der Waals surface area contributed by atoms with Gasteiger partial charge in [0.2, 0.25) is 11.9 Å². The Bertz CT molecular complexity index is 890. The molecule has 0 atom stereocenters. The van der Waals surface area contributed by atoms with E-state index >= 15 is 0 Å². The predicted molar refractivity (Wildman–Crippen MR) is 103 cm³/mol. The fraction of sp³-hybridized carbons (Fsp3) is 0.263. The molecule has 6 nitrogen and oxygen atoms in total. The summed E-state index contributed by atoms with van der Waals surface area (Å²) in [5, 5.41) is 4.14. The number of piperidine rings is 1. The molecule has 0 bridgehead atoms. The quantitative estimate of drug-likeness (QED) is 0.768. The van der Waals surface area contributed by atoms with Crippen LogP contribution in [0.5, 0.6) is 0 Å². The van der Waals surface area contributed by atoms with Gasteiger partial charge in [-0.15, -0.1) is 0 Å². The van der Waals surface area contributed by atoms with Gasteiger partial charge in [-0.05, 0) is 47.4 Å². The number of aromatic nitrogens is 3. The summed E-state index contributed by atoms with van der Waals surface area (Å²) in [4.78, 5) is 27.2. The maximum atomic E-state index is 11.4.